The van der Waals surface area contributed by atoms with Crippen molar-refractivity contribution in [3.63, 3.8) is 0 Å². The molecule has 1 N–H and O–H groups in total. The highest BCUT2D eigenvalue weighted by Gasteiger charge is 2.20. The van der Waals surface area contributed by atoms with Crippen LogP contribution in [-0.2, 0) is 0 Å². The minimum atomic E-state index is -0.315. The van der Waals surface area contributed by atoms with Gasteiger partial charge in [-0.1, -0.05) is 0 Å². The van der Waals surface area contributed by atoms with E-state index in [-0.39, 0.29) is 12.7 Å². The van der Waals surface area contributed by atoms with E-state index in [1.807, 2.05) is 0 Å². The monoisotopic (exact) mass is 194 g/mol. The topological polar surface area (TPSA) is 55.8 Å². The molecule has 4 heteroatoms. The van der Waals surface area contributed by atoms with Crippen molar-refractivity contribution in [2.75, 3.05) is 13.2 Å². The van der Waals surface area contributed by atoms with Crippen LogP contribution in [0.5, 0.6) is 11.5 Å². The number of benzene rings is 1. The van der Waals surface area contributed by atoms with Crippen LogP contribution in [0.3, 0.4) is 0 Å². The van der Waals surface area contributed by atoms with E-state index in [9.17, 15) is 4.79 Å². The fourth-order valence-corrected chi connectivity index (χ4v) is 1.29. The van der Waals surface area contributed by atoms with Gasteiger partial charge in [0.25, 0.3) is 0 Å². The van der Waals surface area contributed by atoms with E-state index >= 15 is 0 Å². The summed E-state index contributed by atoms with van der Waals surface area (Å²) < 4.78 is 10.7. The third kappa shape index (κ3) is 1.56. The molecule has 0 saturated carbocycles. The average Bonchev–Trinajstić information content (AvgIpc) is 2.27. The predicted octanol–water partition coefficient (Wildman–Crippen LogP) is 0.631. The first-order valence-electron chi connectivity index (χ1n) is 4.33. The van der Waals surface area contributed by atoms with Gasteiger partial charge >= 0.3 is 0 Å². The van der Waals surface area contributed by atoms with E-state index in [2.05, 4.69) is 0 Å². The lowest BCUT2D eigenvalue weighted by atomic mass is 10.2. The van der Waals surface area contributed by atoms with Crippen LogP contribution < -0.4 is 9.47 Å². The number of fused-ring (bicyclic) bond motifs is 1. The van der Waals surface area contributed by atoms with Crippen LogP contribution in [0.4, 0.5) is 0 Å². The lowest BCUT2D eigenvalue weighted by Gasteiger charge is -2.25. The lowest BCUT2D eigenvalue weighted by Crippen LogP contribution is -2.32. The number of carbonyl (C=O) groups is 1. The quantitative estimate of drug-likeness (QED) is 0.701. The highest BCUT2D eigenvalue weighted by atomic mass is 16.6. The Labute approximate surface area is 81.1 Å². The number of ether oxygens (including phenoxy) is 2. The highest BCUT2D eigenvalue weighted by Crippen LogP contribution is 2.31. The summed E-state index contributed by atoms with van der Waals surface area (Å²) in [4.78, 5) is 10.5. The third-order valence-electron chi connectivity index (χ3n) is 2.03. The molecule has 1 aliphatic rings. The summed E-state index contributed by atoms with van der Waals surface area (Å²) in [5.41, 5.74) is 0.551. The van der Waals surface area contributed by atoms with E-state index in [4.69, 9.17) is 14.6 Å². The largest absolute Gasteiger partial charge is 0.486 e. The Kier molecular flexibility index (Phi) is 2.37. The molecule has 1 aliphatic heterocycles. The number of hydrogen-bond acceptors (Lipinski definition) is 4. The fraction of sp³-hybridized carbons (Fsp3) is 0.300. The number of hydrogen-bond donors (Lipinski definition) is 1. The summed E-state index contributed by atoms with van der Waals surface area (Å²) in [6, 6.07) is 4.94. The maximum absolute atomic E-state index is 10.5. The molecule has 0 spiro atoms. The predicted molar refractivity (Wildman–Crippen MR) is 48.8 cm³/mol. The molecule has 0 aromatic heterocycles. The molecule has 2 rings (SSSR count). The van der Waals surface area contributed by atoms with Gasteiger partial charge in [-0.25, -0.2) is 0 Å². The molecular formula is C10H10O4. The minimum Gasteiger partial charge on any atom is -0.486 e. The van der Waals surface area contributed by atoms with E-state index in [0.717, 1.165) is 6.29 Å². The van der Waals surface area contributed by atoms with Crippen molar-refractivity contribution in [1.29, 1.82) is 0 Å². The molecule has 1 atom stereocenters. The van der Waals surface area contributed by atoms with Gasteiger partial charge in [0.2, 0.25) is 0 Å². The smallest absolute Gasteiger partial charge is 0.162 e. The third-order valence-corrected chi connectivity index (χ3v) is 2.03. The molecule has 0 bridgehead atoms. The van der Waals surface area contributed by atoms with Gasteiger partial charge in [-0.05, 0) is 18.2 Å². The second-order valence-electron chi connectivity index (χ2n) is 3.06. The summed E-state index contributed by atoms with van der Waals surface area (Å²) >= 11 is 0. The molecular weight excluding hydrogens is 184 g/mol. The van der Waals surface area contributed by atoms with Crippen molar-refractivity contribution in [3.05, 3.63) is 23.8 Å². The van der Waals surface area contributed by atoms with Crippen LogP contribution in [0, 0.1) is 0 Å². The first kappa shape index (κ1) is 9.02. The van der Waals surface area contributed by atoms with Gasteiger partial charge in [0.05, 0.1) is 6.61 Å². The van der Waals surface area contributed by atoms with E-state index in [1.54, 1.807) is 18.2 Å². The van der Waals surface area contributed by atoms with Crippen LogP contribution in [0.25, 0.3) is 0 Å². The van der Waals surface area contributed by atoms with Gasteiger partial charge in [0.1, 0.15) is 12.9 Å². The van der Waals surface area contributed by atoms with E-state index in [0.29, 0.717) is 23.7 Å². The number of aliphatic hydroxyl groups is 1. The Morgan fingerprint density at radius 3 is 3.07 bits per heavy atom. The molecule has 0 aliphatic carbocycles. The molecule has 4 nitrogen and oxygen atoms in total. The van der Waals surface area contributed by atoms with Gasteiger partial charge in [-0.2, -0.15) is 0 Å². The Hall–Kier alpha value is -1.55. The molecule has 1 aromatic carbocycles. The summed E-state index contributed by atoms with van der Waals surface area (Å²) in [5.74, 6) is 1.13. The van der Waals surface area contributed by atoms with Crippen molar-refractivity contribution in [2.24, 2.45) is 0 Å². The second-order valence-corrected chi connectivity index (χ2v) is 3.06. The van der Waals surface area contributed by atoms with Crippen molar-refractivity contribution in [1.82, 2.24) is 0 Å². The lowest BCUT2D eigenvalue weighted by molar-refractivity contribution is 0.0456. The van der Waals surface area contributed by atoms with E-state index < -0.39 is 0 Å². The number of aliphatic hydroxyl groups excluding tert-OH is 1. The van der Waals surface area contributed by atoms with Crippen molar-refractivity contribution in [3.8, 4) is 11.5 Å². The zero-order valence-corrected chi connectivity index (χ0v) is 7.47. The molecule has 0 fully saturated rings. The van der Waals surface area contributed by atoms with Crippen molar-refractivity contribution < 1.29 is 19.4 Å². The molecule has 1 aromatic rings. The first-order valence-corrected chi connectivity index (χ1v) is 4.33. The fourth-order valence-electron chi connectivity index (χ4n) is 1.29. The van der Waals surface area contributed by atoms with Gasteiger partial charge in [-0.15, -0.1) is 0 Å². The van der Waals surface area contributed by atoms with Crippen LogP contribution in [0.1, 0.15) is 10.4 Å². The summed E-state index contributed by atoms with van der Waals surface area (Å²) in [5, 5.41) is 8.86. The number of rotatable bonds is 2. The van der Waals surface area contributed by atoms with Gasteiger partial charge in [0.15, 0.2) is 17.6 Å². The van der Waals surface area contributed by atoms with Crippen molar-refractivity contribution >= 4 is 6.29 Å². The van der Waals surface area contributed by atoms with Gasteiger partial charge in [0, 0.05) is 5.56 Å². The molecule has 14 heavy (non-hydrogen) atoms. The molecule has 0 radical (unpaired) electrons. The number of carbonyl (C=O) groups excluding carboxylic acids is 1. The second kappa shape index (κ2) is 3.67. The summed E-state index contributed by atoms with van der Waals surface area (Å²) in [6.45, 7) is 0.237. The van der Waals surface area contributed by atoms with E-state index in [1.165, 1.54) is 0 Å². The Morgan fingerprint density at radius 2 is 2.36 bits per heavy atom. The molecule has 74 valence electrons. The zero-order chi connectivity index (χ0) is 9.97. The Balaban J connectivity index is 2.27. The van der Waals surface area contributed by atoms with Crippen LogP contribution in [0.15, 0.2) is 18.2 Å². The average molecular weight is 194 g/mol. The molecule has 0 saturated heterocycles. The van der Waals surface area contributed by atoms with Crippen LogP contribution in [-0.4, -0.2) is 30.7 Å². The van der Waals surface area contributed by atoms with Crippen LogP contribution >= 0.6 is 0 Å². The summed E-state index contributed by atoms with van der Waals surface area (Å²) in [6.07, 6.45) is 0.437. The normalized spacial score (nSPS) is 19.1. The van der Waals surface area contributed by atoms with Gasteiger partial charge < -0.3 is 14.6 Å². The Morgan fingerprint density at radius 1 is 1.50 bits per heavy atom. The maximum Gasteiger partial charge on any atom is 0.162 e. The van der Waals surface area contributed by atoms with Crippen molar-refractivity contribution in [2.45, 2.75) is 6.10 Å². The highest BCUT2D eigenvalue weighted by molar-refractivity contribution is 5.76. The molecule has 0 amide bonds. The van der Waals surface area contributed by atoms with Crippen LogP contribution in [0.2, 0.25) is 0 Å². The minimum absolute atomic E-state index is 0.0745. The first-order chi connectivity index (χ1) is 6.83. The SMILES string of the molecule is O=Cc1ccc2c(c1)OC[C@@H](CO)O2. The van der Waals surface area contributed by atoms with Gasteiger partial charge in [-0.3, -0.25) is 4.79 Å². The molecule has 0 unspecified atom stereocenters. The standard InChI is InChI=1S/C10H10O4/c11-4-7-1-2-9-10(3-7)13-6-8(5-12)14-9/h1-4,8,12H,5-6H2/t8-/m1/s1. The summed E-state index contributed by atoms with van der Waals surface area (Å²) in [7, 11) is 0. The maximum atomic E-state index is 10.5. The number of aldehydes is 1. The molecule has 1 heterocycles. The Bertz CT molecular complexity index is 348. The zero-order valence-electron chi connectivity index (χ0n) is 7.47.